The standard InChI is InChI=1S/C20H21N5O3/c1-13-21-18(24-23-13)15-3-2-4-17(11-15)22-19(26)14-5-8-25(9-6-14)20(27)16-7-10-28-12-16/h2-4,7,10-12,14H,5-6,8-9H2,1H3,(H,22,26)(H,21,23,24). The molecule has 1 saturated heterocycles. The fourth-order valence-corrected chi connectivity index (χ4v) is 3.37. The van der Waals surface area contributed by atoms with Crippen LogP contribution in [0.15, 0.2) is 47.3 Å². The van der Waals surface area contributed by atoms with Gasteiger partial charge in [0.05, 0.1) is 11.8 Å². The van der Waals surface area contributed by atoms with Crippen LogP contribution in [0.25, 0.3) is 11.4 Å². The maximum atomic E-state index is 12.7. The van der Waals surface area contributed by atoms with E-state index >= 15 is 0 Å². The Labute approximate surface area is 162 Å². The van der Waals surface area contributed by atoms with Crippen molar-refractivity contribution in [3.05, 3.63) is 54.2 Å². The van der Waals surface area contributed by atoms with Crippen LogP contribution in [-0.4, -0.2) is 45.0 Å². The molecule has 2 N–H and O–H groups in total. The van der Waals surface area contributed by atoms with Gasteiger partial charge in [-0.1, -0.05) is 12.1 Å². The predicted molar refractivity (Wildman–Crippen MR) is 103 cm³/mol. The Morgan fingerprint density at radius 3 is 2.75 bits per heavy atom. The van der Waals surface area contributed by atoms with Crippen molar-refractivity contribution in [1.29, 1.82) is 0 Å². The molecule has 144 valence electrons. The molecule has 28 heavy (non-hydrogen) atoms. The number of amides is 2. The van der Waals surface area contributed by atoms with E-state index in [4.69, 9.17) is 4.42 Å². The minimum atomic E-state index is -0.122. The number of anilines is 1. The summed E-state index contributed by atoms with van der Waals surface area (Å²) in [4.78, 5) is 31.1. The van der Waals surface area contributed by atoms with Crippen LogP contribution in [0.5, 0.6) is 0 Å². The Balaban J connectivity index is 1.35. The van der Waals surface area contributed by atoms with Crippen molar-refractivity contribution in [3.8, 4) is 11.4 Å². The number of H-pyrrole nitrogens is 1. The van der Waals surface area contributed by atoms with E-state index < -0.39 is 0 Å². The summed E-state index contributed by atoms with van der Waals surface area (Å²) in [6, 6.07) is 9.13. The quantitative estimate of drug-likeness (QED) is 0.725. The van der Waals surface area contributed by atoms with Crippen LogP contribution in [0.4, 0.5) is 5.69 Å². The van der Waals surface area contributed by atoms with Crippen molar-refractivity contribution in [2.24, 2.45) is 5.92 Å². The molecule has 2 amide bonds. The second-order valence-electron chi connectivity index (χ2n) is 6.89. The molecule has 0 aliphatic carbocycles. The van der Waals surface area contributed by atoms with Crippen LogP contribution in [0.1, 0.15) is 29.0 Å². The van der Waals surface area contributed by atoms with Gasteiger partial charge >= 0.3 is 0 Å². The number of piperidine rings is 1. The Morgan fingerprint density at radius 1 is 1.25 bits per heavy atom. The number of carbonyl (C=O) groups is 2. The molecule has 1 aromatic carbocycles. The highest BCUT2D eigenvalue weighted by Gasteiger charge is 2.28. The number of nitrogens with one attached hydrogen (secondary N) is 2. The number of aromatic amines is 1. The number of carbonyl (C=O) groups excluding carboxylic acids is 2. The van der Waals surface area contributed by atoms with Crippen LogP contribution < -0.4 is 5.32 Å². The minimum Gasteiger partial charge on any atom is -0.472 e. The maximum absolute atomic E-state index is 12.7. The van der Waals surface area contributed by atoms with Gasteiger partial charge in [-0.15, -0.1) is 0 Å². The summed E-state index contributed by atoms with van der Waals surface area (Å²) in [7, 11) is 0. The maximum Gasteiger partial charge on any atom is 0.257 e. The monoisotopic (exact) mass is 379 g/mol. The molecular weight excluding hydrogens is 358 g/mol. The number of nitrogens with zero attached hydrogens (tertiary/aromatic N) is 3. The Hall–Kier alpha value is -3.42. The zero-order valence-corrected chi connectivity index (χ0v) is 15.5. The van der Waals surface area contributed by atoms with E-state index in [-0.39, 0.29) is 17.7 Å². The third-order valence-corrected chi connectivity index (χ3v) is 4.91. The van der Waals surface area contributed by atoms with Gasteiger partial charge in [-0.05, 0) is 38.0 Å². The molecule has 8 heteroatoms. The molecule has 1 aliphatic rings. The normalized spacial score (nSPS) is 14.8. The van der Waals surface area contributed by atoms with Crippen LogP contribution in [0.2, 0.25) is 0 Å². The van der Waals surface area contributed by atoms with Gasteiger partial charge < -0.3 is 14.6 Å². The van der Waals surface area contributed by atoms with E-state index in [1.807, 2.05) is 31.2 Å². The highest BCUT2D eigenvalue weighted by molar-refractivity contribution is 5.95. The van der Waals surface area contributed by atoms with Gasteiger partial charge in [-0.25, -0.2) is 4.98 Å². The Morgan fingerprint density at radius 2 is 2.07 bits per heavy atom. The number of aryl methyl sites for hydroxylation is 1. The van der Waals surface area contributed by atoms with Gasteiger partial charge in [0.1, 0.15) is 12.1 Å². The second-order valence-corrected chi connectivity index (χ2v) is 6.89. The van der Waals surface area contributed by atoms with E-state index in [2.05, 4.69) is 20.5 Å². The highest BCUT2D eigenvalue weighted by atomic mass is 16.3. The van der Waals surface area contributed by atoms with Crippen LogP contribution in [0, 0.1) is 12.8 Å². The number of benzene rings is 1. The van der Waals surface area contributed by atoms with Gasteiger partial charge in [-0.3, -0.25) is 14.7 Å². The first-order chi connectivity index (χ1) is 13.6. The summed E-state index contributed by atoms with van der Waals surface area (Å²) in [5.74, 6) is 1.13. The van der Waals surface area contributed by atoms with E-state index in [1.54, 1.807) is 11.0 Å². The van der Waals surface area contributed by atoms with Gasteiger partial charge in [0, 0.05) is 30.3 Å². The second kappa shape index (κ2) is 7.67. The van der Waals surface area contributed by atoms with Crippen molar-refractivity contribution in [3.63, 3.8) is 0 Å². The van der Waals surface area contributed by atoms with Crippen LogP contribution in [0.3, 0.4) is 0 Å². The lowest BCUT2D eigenvalue weighted by Crippen LogP contribution is -2.41. The number of hydrogen-bond acceptors (Lipinski definition) is 5. The van der Waals surface area contributed by atoms with Crippen LogP contribution in [-0.2, 0) is 4.79 Å². The highest BCUT2D eigenvalue weighted by Crippen LogP contribution is 2.23. The van der Waals surface area contributed by atoms with Crippen molar-refractivity contribution < 1.29 is 14.0 Å². The molecule has 0 spiro atoms. The molecule has 3 heterocycles. The number of hydrogen-bond donors (Lipinski definition) is 2. The van der Waals surface area contributed by atoms with E-state index in [0.29, 0.717) is 43.0 Å². The van der Waals surface area contributed by atoms with Crippen LogP contribution >= 0.6 is 0 Å². The first-order valence-corrected chi connectivity index (χ1v) is 9.22. The zero-order chi connectivity index (χ0) is 19.5. The summed E-state index contributed by atoms with van der Waals surface area (Å²) >= 11 is 0. The fourth-order valence-electron chi connectivity index (χ4n) is 3.37. The lowest BCUT2D eigenvalue weighted by molar-refractivity contribution is -0.121. The third-order valence-electron chi connectivity index (χ3n) is 4.91. The summed E-state index contributed by atoms with van der Waals surface area (Å²) < 4.78 is 4.97. The molecule has 0 saturated carbocycles. The molecular formula is C20H21N5O3. The molecule has 0 radical (unpaired) electrons. The van der Waals surface area contributed by atoms with Gasteiger partial charge in [-0.2, -0.15) is 5.10 Å². The smallest absolute Gasteiger partial charge is 0.257 e. The lowest BCUT2D eigenvalue weighted by atomic mass is 9.95. The Bertz CT molecular complexity index is 971. The van der Waals surface area contributed by atoms with E-state index in [0.717, 1.165) is 11.4 Å². The SMILES string of the molecule is Cc1nc(-c2cccc(NC(=O)C3CCN(C(=O)c4ccoc4)CC3)c2)n[nH]1. The first kappa shape index (κ1) is 18.0. The van der Waals surface area contributed by atoms with Gasteiger partial charge in [0.25, 0.3) is 5.91 Å². The molecule has 0 atom stereocenters. The van der Waals surface area contributed by atoms with Crippen molar-refractivity contribution in [2.45, 2.75) is 19.8 Å². The number of aromatic nitrogens is 3. The van der Waals surface area contributed by atoms with Gasteiger partial charge in [0.15, 0.2) is 5.82 Å². The minimum absolute atomic E-state index is 0.0290. The number of rotatable bonds is 4. The van der Waals surface area contributed by atoms with E-state index in [9.17, 15) is 9.59 Å². The molecule has 0 bridgehead atoms. The average Bonchev–Trinajstić information content (AvgIpc) is 3.40. The lowest BCUT2D eigenvalue weighted by Gasteiger charge is -2.31. The molecule has 2 aromatic heterocycles. The first-order valence-electron chi connectivity index (χ1n) is 9.22. The predicted octanol–water partition coefficient (Wildman–Crippen LogP) is 2.86. The van der Waals surface area contributed by atoms with Crippen molar-refractivity contribution in [1.82, 2.24) is 20.1 Å². The largest absolute Gasteiger partial charge is 0.472 e. The molecule has 4 rings (SSSR count). The van der Waals surface area contributed by atoms with E-state index in [1.165, 1.54) is 12.5 Å². The Kier molecular flexibility index (Phi) is 4.92. The summed E-state index contributed by atoms with van der Waals surface area (Å²) in [5, 5.41) is 9.94. The number of furan rings is 1. The zero-order valence-electron chi connectivity index (χ0n) is 15.5. The van der Waals surface area contributed by atoms with Gasteiger partial charge in [0.2, 0.25) is 5.91 Å². The molecule has 0 unspecified atom stereocenters. The summed E-state index contributed by atoms with van der Waals surface area (Å²) in [6.07, 6.45) is 4.20. The third kappa shape index (κ3) is 3.80. The summed E-state index contributed by atoms with van der Waals surface area (Å²) in [6.45, 7) is 2.95. The van der Waals surface area contributed by atoms with Crippen molar-refractivity contribution in [2.75, 3.05) is 18.4 Å². The molecule has 1 aliphatic heterocycles. The topological polar surface area (TPSA) is 104 Å². The fraction of sp³-hybridized carbons (Fsp3) is 0.300. The molecule has 8 nitrogen and oxygen atoms in total. The van der Waals surface area contributed by atoms with Crippen molar-refractivity contribution >= 4 is 17.5 Å². The average molecular weight is 379 g/mol. The molecule has 1 fully saturated rings. The summed E-state index contributed by atoms with van der Waals surface area (Å²) in [5.41, 5.74) is 2.09. The number of likely N-dealkylation sites (tertiary alicyclic amines) is 1. The molecule has 3 aromatic rings.